The molecule has 3 N–H and O–H groups in total. The van der Waals surface area contributed by atoms with E-state index in [9.17, 15) is 9.59 Å². The molecule has 0 aliphatic carbocycles. The highest BCUT2D eigenvalue weighted by Crippen LogP contribution is 2.26. The van der Waals surface area contributed by atoms with E-state index in [-0.39, 0.29) is 5.91 Å². The van der Waals surface area contributed by atoms with Gasteiger partial charge in [0.2, 0.25) is 0 Å². The second-order valence-corrected chi connectivity index (χ2v) is 6.16. The van der Waals surface area contributed by atoms with E-state index < -0.39 is 5.91 Å². The van der Waals surface area contributed by atoms with Gasteiger partial charge in [-0.2, -0.15) is 0 Å². The first-order valence-electron chi connectivity index (χ1n) is 6.63. The topological polar surface area (TPSA) is 77.1 Å². The van der Waals surface area contributed by atoms with Crippen LogP contribution in [0.25, 0.3) is 10.9 Å². The molecule has 0 aliphatic heterocycles. The third kappa shape index (κ3) is 2.76. The van der Waals surface area contributed by atoms with Crippen molar-refractivity contribution >= 4 is 50.2 Å². The van der Waals surface area contributed by atoms with Crippen LogP contribution in [0.1, 0.15) is 20.7 Å². The first-order valence-corrected chi connectivity index (χ1v) is 7.81. The van der Waals surface area contributed by atoms with Crippen molar-refractivity contribution in [2.45, 2.75) is 0 Å². The molecule has 2 aromatic carbocycles. The number of carbonyl (C=O) groups is 2. The lowest BCUT2D eigenvalue weighted by molar-refractivity contribution is 0.0955. The van der Waals surface area contributed by atoms with Crippen LogP contribution < -0.4 is 11.3 Å². The zero-order valence-corrected chi connectivity index (χ0v) is 14.1. The fraction of sp³-hybridized carbons (Fsp3) is 0. The molecule has 5 nitrogen and oxygen atoms in total. The number of hydrogen-bond donors (Lipinski definition) is 2. The molecule has 0 aliphatic rings. The minimum absolute atomic E-state index is 0.322. The van der Waals surface area contributed by atoms with Crippen molar-refractivity contribution in [2.24, 2.45) is 5.84 Å². The Morgan fingerprint density at radius 3 is 2.61 bits per heavy atom. The molecule has 0 atom stereocenters. The summed E-state index contributed by atoms with van der Waals surface area (Å²) in [6, 6.07) is 12.1. The Labute approximate surface area is 145 Å². The molecule has 0 fully saturated rings. The zero-order chi connectivity index (χ0) is 16.6. The zero-order valence-electron chi connectivity index (χ0n) is 11.7. The standard InChI is InChI=1S/C16H11BrClN3O2/c17-9-5-6-13(18)11(7-9)16(23)21-8-12(15(22)20-19)10-3-1-2-4-14(10)21/h1-8H,19H2,(H,20,22). The highest BCUT2D eigenvalue weighted by atomic mass is 79.9. The van der Waals surface area contributed by atoms with E-state index in [0.717, 1.165) is 4.47 Å². The minimum Gasteiger partial charge on any atom is -0.290 e. The Hall–Kier alpha value is -2.15. The molecule has 3 aromatic rings. The van der Waals surface area contributed by atoms with Gasteiger partial charge in [-0.05, 0) is 24.3 Å². The van der Waals surface area contributed by atoms with Crippen LogP contribution in [0, 0.1) is 0 Å². The Balaban J connectivity index is 2.22. The molecule has 23 heavy (non-hydrogen) atoms. The number of amides is 1. The number of hydrogen-bond acceptors (Lipinski definition) is 3. The summed E-state index contributed by atoms with van der Waals surface area (Å²) in [7, 11) is 0. The molecule has 1 heterocycles. The van der Waals surface area contributed by atoms with Crippen LogP contribution >= 0.6 is 27.5 Å². The molecule has 1 amide bonds. The predicted octanol–water partition coefficient (Wildman–Crippen LogP) is 3.35. The van der Waals surface area contributed by atoms with Crippen LogP contribution in [0.5, 0.6) is 0 Å². The van der Waals surface area contributed by atoms with Crippen LogP contribution in [-0.2, 0) is 0 Å². The maximum Gasteiger partial charge on any atom is 0.267 e. The third-order valence-corrected chi connectivity index (χ3v) is 4.29. The van der Waals surface area contributed by atoms with E-state index in [1.165, 1.54) is 10.8 Å². The van der Waals surface area contributed by atoms with E-state index in [1.807, 2.05) is 0 Å². The van der Waals surface area contributed by atoms with E-state index >= 15 is 0 Å². The van der Waals surface area contributed by atoms with Gasteiger partial charge in [-0.15, -0.1) is 0 Å². The number of benzene rings is 2. The van der Waals surface area contributed by atoms with Crippen LogP contribution in [0.4, 0.5) is 0 Å². The number of hydrazine groups is 1. The first kappa shape index (κ1) is 15.7. The highest BCUT2D eigenvalue weighted by Gasteiger charge is 2.20. The smallest absolute Gasteiger partial charge is 0.267 e. The number of halogens is 2. The lowest BCUT2D eigenvalue weighted by Crippen LogP contribution is -2.29. The van der Waals surface area contributed by atoms with Gasteiger partial charge in [0.1, 0.15) is 0 Å². The lowest BCUT2D eigenvalue weighted by Gasteiger charge is -2.06. The predicted molar refractivity (Wildman–Crippen MR) is 92.5 cm³/mol. The van der Waals surface area contributed by atoms with E-state index in [1.54, 1.807) is 42.5 Å². The average molecular weight is 393 g/mol. The summed E-state index contributed by atoms with van der Waals surface area (Å²) >= 11 is 9.46. The van der Waals surface area contributed by atoms with Crippen LogP contribution in [0.15, 0.2) is 53.1 Å². The second kappa shape index (κ2) is 6.16. The fourth-order valence-electron chi connectivity index (χ4n) is 2.40. The van der Waals surface area contributed by atoms with Crippen LogP contribution in [-0.4, -0.2) is 16.4 Å². The van der Waals surface area contributed by atoms with Crippen molar-refractivity contribution in [1.82, 2.24) is 9.99 Å². The number of nitrogens with one attached hydrogen (secondary N) is 1. The van der Waals surface area contributed by atoms with E-state index in [0.29, 0.717) is 27.1 Å². The molecular weight excluding hydrogens is 382 g/mol. The third-order valence-electron chi connectivity index (χ3n) is 3.47. The summed E-state index contributed by atoms with van der Waals surface area (Å²) in [5, 5.41) is 0.968. The molecule has 0 bridgehead atoms. The van der Waals surface area contributed by atoms with Gasteiger partial charge in [-0.25, -0.2) is 5.84 Å². The number of rotatable bonds is 2. The number of nitrogen functional groups attached to an aromatic ring is 1. The molecule has 0 spiro atoms. The highest BCUT2D eigenvalue weighted by molar-refractivity contribution is 9.10. The molecule has 0 radical (unpaired) electrons. The van der Waals surface area contributed by atoms with Gasteiger partial charge in [0, 0.05) is 16.1 Å². The number of nitrogens with zero attached hydrogens (tertiary/aromatic N) is 1. The molecule has 0 saturated carbocycles. The number of para-hydroxylation sites is 1. The Bertz CT molecular complexity index is 936. The van der Waals surface area contributed by atoms with Gasteiger partial charge >= 0.3 is 0 Å². The molecule has 0 unspecified atom stereocenters. The average Bonchev–Trinajstić information content (AvgIpc) is 2.95. The van der Waals surface area contributed by atoms with Crippen molar-refractivity contribution in [1.29, 1.82) is 0 Å². The Morgan fingerprint density at radius 1 is 1.13 bits per heavy atom. The molecule has 3 rings (SSSR count). The lowest BCUT2D eigenvalue weighted by atomic mass is 10.1. The van der Waals surface area contributed by atoms with Gasteiger partial charge < -0.3 is 0 Å². The van der Waals surface area contributed by atoms with E-state index in [4.69, 9.17) is 17.4 Å². The van der Waals surface area contributed by atoms with Crippen molar-refractivity contribution in [2.75, 3.05) is 0 Å². The van der Waals surface area contributed by atoms with Crippen molar-refractivity contribution < 1.29 is 9.59 Å². The quantitative estimate of drug-likeness (QED) is 0.399. The summed E-state index contributed by atoms with van der Waals surface area (Å²) in [6.07, 6.45) is 1.46. The van der Waals surface area contributed by atoms with Gasteiger partial charge in [0.05, 0.1) is 21.7 Å². The van der Waals surface area contributed by atoms with Crippen molar-refractivity contribution in [3.05, 3.63) is 69.3 Å². The summed E-state index contributed by atoms with van der Waals surface area (Å²) in [4.78, 5) is 24.8. The SMILES string of the molecule is NNC(=O)c1cn(C(=O)c2cc(Br)ccc2Cl)c2ccccc12. The molecule has 0 saturated heterocycles. The summed E-state index contributed by atoms with van der Waals surface area (Å²) in [5.41, 5.74) is 3.35. The molecule has 7 heteroatoms. The minimum atomic E-state index is -0.465. The van der Waals surface area contributed by atoms with Crippen LogP contribution in [0.3, 0.4) is 0 Å². The number of fused-ring (bicyclic) bond motifs is 1. The summed E-state index contributed by atoms with van der Waals surface area (Å²) < 4.78 is 2.13. The summed E-state index contributed by atoms with van der Waals surface area (Å²) in [6.45, 7) is 0. The van der Waals surface area contributed by atoms with Gasteiger partial charge in [-0.3, -0.25) is 19.6 Å². The second-order valence-electron chi connectivity index (χ2n) is 4.83. The number of carbonyl (C=O) groups excluding carboxylic acids is 2. The molecule has 1 aromatic heterocycles. The van der Waals surface area contributed by atoms with Gasteiger partial charge in [0.15, 0.2) is 0 Å². The maximum absolute atomic E-state index is 12.9. The monoisotopic (exact) mass is 391 g/mol. The number of nitrogens with two attached hydrogens (primary N) is 1. The normalized spacial score (nSPS) is 10.7. The van der Waals surface area contributed by atoms with Gasteiger partial charge in [0.25, 0.3) is 11.8 Å². The summed E-state index contributed by atoms with van der Waals surface area (Å²) in [5.74, 6) is 4.42. The largest absolute Gasteiger partial charge is 0.290 e. The van der Waals surface area contributed by atoms with Crippen molar-refractivity contribution in [3.63, 3.8) is 0 Å². The Kier molecular flexibility index (Phi) is 4.21. The Morgan fingerprint density at radius 2 is 1.87 bits per heavy atom. The molecule has 116 valence electrons. The number of aromatic nitrogens is 1. The molecular formula is C16H11BrClN3O2. The van der Waals surface area contributed by atoms with E-state index in [2.05, 4.69) is 21.4 Å². The maximum atomic E-state index is 12.9. The van der Waals surface area contributed by atoms with Gasteiger partial charge in [-0.1, -0.05) is 45.7 Å². The van der Waals surface area contributed by atoms with Crippen LogP contribution in [0.2, 0.25) is 5.02 Å². The van der Waals surface area contributed by atoms with Crippen molar-refractivity contribution in [3.8, 4) is 0 Å². The fourth-order valence-corrected chi connectivity index (χ4v) is 2.96. The first-order chi connectivity index (χ1) is 11.0.